The van der Waals surface area contributed by atoms with Crippen molar-refractivity contribution in [3.63, 3.8) is 0 Å². The van der Waals surface area contributed by atoms with Crippen molar-refractivity contribution in [2.24, 2.45) is 0 Å². The molecule has 4 heteroatoms. The second kappa shape index (κ2) is 9.47. The summed E-state index contributed by atoms with van der Waals surface area (Å²) in [7, 11) is 0. The molecule has 0 aliphatic heterocycles. The molecule has 0 radical (unpaired) electrons. The Morgan fingerprint density at radius 2 is 1.71 bits per heavy atom. The van der Waals surface area contributed by atoms with Crippen LogP contribution in [0.1, 0.15) is 24.5 Å². The van der Waals surface area contributed by atoms with E-state index in [0.29, 0.717) is 6.42 Å². The Bertz CT molecular complexity index is 940. The average Bonchev–Trinajstić information content (AvgIpc) is 2.70. The van der Waals surface area contributed by atoms with E-state index >= 15 is 0 Å². The van der Waals surface area contributed by atoms with Crippen LogP contribution in [0.5, 0.6) is 5.75 Å². The van der Waals surface area contributed by atoms with Gasteiger partial charge in [0.1, 0.15) is 5.75 Å². The van der Waals surface area contributed by atoms with E-state index in [1.165, 1.54) is 0 Å². The summed E-state index contributed by atoms with van der Waals surface area (Å²) in [5.74, 6) is 0.624. The maximum atomic E-state index is 12.9. The number of hydrogen-bond acceptors (Lipinski definition) is 3. The lowest BCUT2D eigenvalue weighted by molar-refractivity contribution is -0.122. The first-order valence-electron chi connectivity index (χ1n) is 9.43. The third-order valence-electron chi connectivity index (χ3n) is 4.39. The molecule has 3 aromatic carbocycles. The molecule has 0 heterocycles. The minimum absolute atomic E-state index is 0.135. The molecule has 1 amide bonds. The molecule has 0 fully saturated rings. The summed E-state index contributed by atoms with van der Waals surface area (Å²) < 4.78 is 6.05. The fourth-order valence-electron chi connectivity index (χ4n) is 2.80. The SMILES string of the molecule is CC[C@@H](Oc1cc(C)ccc1C)C(=O)Nc1ccccc1Sc1ccccc1. The van der Waals surface area contributed by atoms with Crippen molar-refractivity contribution >= 4 is 23.4 Å². The number of carbonyl (C=O) groups is 1. The van der Waals surface area contributed by atoms with Crippen LogP contribution in [0.25, 0.3) is 0 Å². The third-order valence-corrected chi connectivity index (χ3v) is 5.48. The number of benzene rings is 3. The molecular formula is C24H25NO2S. The van der Waals surface area contributed by atoms with Gasteiger partial charge in [-0.25, -0.2) is 0 Å². The maximum Gasteiger partial charge on any atom is 0.265 e. The second-order valence-electron chi connectivity index (χ2n) is 6.68. The molecule has 0 aliphatic carbocycles. The van der Waals surface area contributed by atoms with Gasteiger partial charge < -0.3 is 10.1 Å². The van der Waals surface area contributed by atoms with Crippen LogP contribution in [0, 0.1) is 13.8 Å². The predicted octanol–water partition coefficient (Wildman–Crippen LogP) is 6.25. The van der Waals surface area contributed by atoms with Gasteiger partial charge in [-0.1, -0.05) is 61.2 Å². The molecule has 0 spiro atoms. The zero-order valence-electron chi connectivity index (χ0n) is 16.4. The summed E-state index contributed by atoms with van der Waals surface area (Å²) in [4.78, 5) is 15.0. The van der Waals surface area contributed by atoms with Crippen LogP contribution in [0.2, 0.25) is 0 Å². The Hall–Kier alpha value is -2.72. The number of rotatable bonds is 7. The monoisotopic (exact) mass is 391 g/mol. The number of anilines is 1. The minimum Gasteiger partial charge on any atom is -0.480 e. The molecule has 1 N–H and O–H groups in total. The zero-order chi connectivity index (χ0) is 19.9. The van der Waals surface area contributed by atoms with Gasteiger partial charge in [0.25, 0.3) is 5.91 Å². The molecule has 0 saturated carbocycles. The summed E-state index contributed by atoms with van der Waals surface area (Å²) in [6.45, 7) is 5.97. The van der Waals surface area contributed by atoms with Gasteiger partial charge in [-0.2, -0.15) is 0 Å². The minimum atomic E-state index is -0.546. The van der Waals surface area contributed by atoms with Crippen molar-refractivity contribution in [2.75, 3.05) is 5.32 Å². The molecule has 144 valence electrons. The molecule has 0 saturated heterocycles. The highest BCUT2D eigenvalue weighted by Gasteiger charge is 2.20. The van der Waals surface area contributed by atoms with Crippen LogP contribution in [0.15, 0.2) is 82.6 Å². The first kappa shape index (κ1) is 20.0. The lowest BCUT2D eigenvalue weighted by Crippen LogP contribution is -2.32. The fourth-order valence-corrected chi connectivity index (χ4v) is 3.72. The van der Waals surface area contributed by atoms with E-state index in [1.54, 1.807) is 11.8 Å². The largest absolute Gasteiger partial charge is 0.480 e. The van der Waals surface area contributed by atoms with Crippen molar-refractivity contribution in [1.82, 2.24) is 0 Å². The molecule has 3 rings (SSSR count). The van der Waals surface area contributed by atoms with Crippen LogP contribution in [0.3, 0.4) is 0 Å². The highest BCUT2D eigenvalue weighted by atomic mass is 32.2. The number of nitrogens with one attached hydrogen (secondary N) is 1. The summed E-state index contributed by atoms with van der Waals surface area (Å²) in [6.07, 6.45) is 0.0445. The van der Waals surface area contributed by atoms with Gasteiger partial charge in [0.15, 0.2) is 6.10 Å². The van der Waals surface area contributed by atoms with E-state index in [4.69, 9.17) is 4.74 Å². The lowest BCUT2D eigenvalue weighted by atomic mass is 10.1. The van der Waals surface area contributed by atoms with Crippen LogP contribution >= 0.6 is 11.8 Å². The summed E-state index contributed by atoms with van der Waals surface area (Å²) >= 11 is 1.63. The van der Waals surface area contributed by atoms with Gasteiger partial charge in [0.2, 0.25) is 0 Å². The van der Waals surface area contributed by atoms with Crippen LogP contribution < -0.4 is 10.1 Å². The summed E-state index contributed by atoms with van der Waals surface area (Å²) in [5.41, 5.74) is 2.93. The van der Waals surface area contributed by atoms with E-state index < -0.39 is 6.10 Å². The maximum absolute atomic E-state index is 12.9. The van der Waals surface area contributed by atoms with Crippen molar-refractivity contribution in [3.8, 4) is 5.75 Å². The molecule has 0 aromatic heterocycles. The van der Waals surface area contributed by atoms with Gasteiger partial charge in [0, 0.05) is 9.79 Å². The predicted molar refractivity (Wildman–Crippen MR) is 116 cm³/mol. The highest BCUT2D eigenvalue weighted by molar-refractivity contribution is 7.99. The van der Waals surface area contributed by atoms with Crippen molar-refractivity contribution in [2.45, 2.75) is 43.1 Å². The normalized spacial score (nSPS) is 11.7. The van der Waals surface area contributed by atoms with Gasteiger partial charge in [0.05, 0.1) is 5.69 Å². The van der Waals surface area contributed by atoms with Crippen LogP contribution in [-0.4, -0.2) is 12.0 Å². The average molecular weight is 392 g/mol. The Morgan fingerprint density at radius 3 is 2.46 bits per heavy atom. The molecule has 0 aliphatic rings. The second-order valence-corrected chi connectivity index (χ2v) is 7.80. The smallest absolute Gasteiger partial charge is 0.265 e. The quantitative estimate of drug-likeness (QED) is 0.517. The lowest BCUT2D eigenvalue weighted by Gasteiger charge is -2.20. The van der Waals surface area contributed by atoms with Gasteiger partial charge in [-0.15, -0.1) is 0 Å². The molecular weight excluding hydrogens is 366 g/mol. The zero-order valence-corrected chi connectivity index (χ0v) is 17.3. The number of carbonyl (C=O) groups excluding carboxylic acids is 1. The van der Waals surface area contributed by atoms with E-state index in [2.05, 4.69) is 17.4 Å². The first-order valence-corrected chi connectivity index (χ1v) is 10.2. The van der Waals surface area contributed by atoms with E-state index in [0.717, 1.165) is 32.4 Å². The summed E-state index contributed by atoms with van der Waals surface area (Å²) in [6, 6.07) is 24.0. The van der Waals surface area contributed by atoms with Crippen molar-refractivity contribution < 1.29 is 9.53 Å². The fraction of sp³-hybridized carbons (Fsp3) is 0.208. The Kier molecular flexibility index (Phi) is 6.77. The van der Waals surface area contributed by atoms with E-state index in [-0.39, 0.29) is 5.91 Å². The van der Waals surface area contributed by atoms with Crippen molar-refractivity contribution in [3.05, 3.63) is 83.9 Å². The third kappa shape index (κ3) is 5.17. The Balaban J connectivity index is 1.75. The number of para-hydroxylation sites is 1. The first-order chi connectivity index (χ1) is 13.6. The number of aryl methyl sites for hydroxylation is 2. The molecule has 3 nitrogen and oxygen atoms in total. The van der Waals surface area contributed by atoms with Crippen molar-refractivity contribution in [1.29, 1.82) is 0 Å². The van der Waals surface area contributed by atoms with Gasteiger partial charge >= 0.3 is 0 Å². The van der Waals surface area contributed by atoms with Gasteiger partial charge in [-0.05, 0) is 61.7 Å². The van der Waals surface area contributed by atoms with Gasteiger partial charge in [-0.3, -0.25) is 4.79 Å². The Morgan fingerprint density at radius 1 is 1.00 bits per heavy atom. The summed E-state index contributed by atoms with van der Waals surface area (Å²) in [5, 5.41) is 3.05. The molecule has 3 aromatic rings. The number of amides is 1. The number of ether oxygens (including phenoxy) is 1. The topological polar surface area (TPSA) is 38.3 Å². The molecule has 0 unspecified atom stereocenters. The molecule has 1 atom stereocenters. The molecule has 28 heavy (non-hydrogen) atoms. The van der Waals surface area contributed by atoms with Crippen LogP contribution in [-0.2, 0) is 4.79 Å². The number of hydrogen-bond donors (Lipinski definition) is 1. The Labute approximate surface area is 171 Å². The highest BCUT2D eigenvalue weighted by Crippen LogP contribution is 2.33. The van der Waals surface area contributed by atoms with E-state index in [1.807, 2.05) is 81.4 Å². The van der Waals surface area contributed by atoms with Crippen LogP contribution in [0.4, 0.5) is 5.69 Å². The van der Waals surface area contributed by atoms with E-state index in [9.17, 15) is 4.79 Å². The molecule has 0 bridgehead atoms. The standard InChI is InChI=1S/C24H25NO2S/c1-4-21(27-22-16-17(2)14-15-18(22)3)24(26)25-20-12-8-9-13-23(20)28-19-10-6-5-7-11-19/h5-16,21H,4H2,1-3H3,(H,25,26)/t21-/m1/s1.